The lowest BCUT2D eigenvalue weighted by Crippen LogP contribution is -2.50. The van der Waals surface area contributed by atoms with Gasteiger partial charge in [0.2, 0.25) is 0 Å². The van der Waals surface area contributed by atoms with Crippen LogP contribution in [0.25, 0.3) is 0 Å². The first-order chi connectivity index (χ1) is 9.29. The number of aliphatic carboxylic acids is 1. The number of rotatable bonds is 6. The third-order valence-electron chi connectivity index (χ3n) is 2.90. The zero-order chi connectivity index (χ0) is 15.3. The number of carbonyl (C=O) groups is 2. The molecule has 1 aromatic rings. The van der Waals surface area contributed by atoms with Crippen molar-refractivity contribution in [1.29, 1.82) is 0 Å². The third-order valence-corrected chi connectivity index (χ3v) is 3.92. The van der Waals surface area contributed by atoms with E-state index in [0.717, 1.165) is 6.42 Å². The molecular weight excluding hydrogens is 276 g/mol. The van der Waals surface area contributed by atoms with Gasteiger partial charge in [-0.3, -0.25) is 0 Å². The molecular formula is C14H22N2O3S. The summed E-state index contributed by atoms with van der Waals surface area (Å²) in [5.74, 6) is -1.18. The van der Waals surface area contributed by atoms with E-state index in [1.807, 2.05) is 26.0 Å². The Balaban J connectivity index is 2.46. The highest BCUT2D eigenvalue weighted by atomic mass is 32.1. The monoisotopic (exact) mass is 298 g/mol. The van der Waals surface area contributed by atoms with Gasteiger partial charge in [-0.25, -0.2) is 9.59 Å². The summed E-state index contributed by atoms with van der Waals surface area (Å²) in [4.78, 5) is 25.2. The van der Waals surface area contributed by atoms with Crippen molar-refractivity contribution < 1.29 is 14.7 Å². The molecule has 1 rings (SSSR count). The third kappa shape index (κ3) is 5.21. The number of amides is 2. The number of carbonyl (C=O) groups excluding carboxylic acids is 1. The van der Waals surface area contributed by atoms with Gasteiger partial charge in [0.05, 0.1) is 0 Å². The van der Waals surface area contributed by atoms with E-state index in [2.05, 4.69) is 10.6 Å². The van der Waals surface area contributed by atoms with Crippen LogP contribution in [0.1, 0.15) is 30.5 Å². The normalized spacial score (nSPS) is 13.8. The van der Waals surface area contributed by atoms with Gasteiger partial charge in [0, 0.05) is 22.2 Å². The zero-order valence-electron chi connectivity index (χ0n) is 12.3. The Morgan fingerprint density at radius 2 is 1.90 bits per heavy atom. The van der Waals surface area contributed by atoms with Crippen LogP contribution < -0.4 is 10.6 Å². The smallest absolute Gasteiger partial charge is 0.326 e. The Hall–Kier alpha value is -1.56. The molecule has 0 saturated carbocycles. The zero-order valence-corrected chi connectivity index (χ0v) is 13.1. The molecule has 0 spiro atoms. The summed E-state index contributed by atoms with van der Waals surface area (Å²) in [6.45, 7) is 7.46. The summed E-state index contributed by atoms with van der Waals surface area (Å²) in [6.07, 6.45) is 0.741. The minimum Gasteiger partial charge on any atom is -0.480 e. The lowest BCUT2D eigenvalue weighted by Gasteiger charge is -2.20. The van der Waals surface area contributed by atoms with E-state index in [-0.39, 0.29) is 12.0 Å². The van der Waals surface area contributed by atoms with Crippen LogP contribution in [-0.4, -0.2) is 29.2 Å². The van der Waals surface area contributed by atoms with Crippen LogP contribution in [0.2, 0.25) is 0 Å². The van der Waals surface area contributed by atoms with E-state index in [1.165, 1.54) is 9.75 Å². The van der Waals surface area contributed by atoms with Gasteiger partial charge in [0.15, 0.2) is 0 Å². The molecule has 1 heterocycles. The van der Waals surface area contributed by atoms with Crippen LogP contribution in [-0.2, 0) is 11.2 Å². The summed E-state index contributed by atoms with van der Waals surface area (Å²) in [7, 11) is 0. The molecule has 0 bridgehead atoms. The van der Waals surface area contributed by atoms with Gasteiger partial charge in [0.25, 0.3) is 0 Å². The van der Waals surface area contributed by atoms with Crippen molar-refractivity contribution in [3.63, 3.8) is 0 Å². The molecule has 0 saturated heterocycles. The summed E-state index contributed by atoms with van der Waals surface area (Å²) in [5, 5.41) is 14.3. The lowest BCUT2D eigenvalue weighted by atomic mass is 10.1. The average molecular weight is 298 g/mol. The molecule has 3 N–H and O–H groups in total. The van der Waals surface area contributed by atoms with Crippen LogP contribution in [0, 0.1) is 12.8 Å². The van der Waals surface area contributed by atoms with Crippen molar-refractivity contribution >= 4 is 23.3 Å². The maximum atomic E-state index is 11.8. The number of urea groups is 1. The molecule has 0 radical (unpaired) electrons. The van der Waals surface area contributed by atoms with Crippen LogP contribution >= 0.6 is 11.3 Å². The largest absolute Gasteiger partial charge is 0.480 e. The van der Waals surface area contributed by atoms with Crippen molar-refractivity contribution in [2.24, 2.45) is 5.92 Å². The maximum absolute atomic E-state index is 11.8. The minimum absolute atomic E-state index is 0.0466. The summed E-state index contributed by atoms with van der Waals surface area (Å²) >= 11 is 1.70. The van der Waals surface area contributed by atoms with Crippen LogP contribution in [0.5, 0.6) is 0 Å². The highest BCUT2D eigenvalue weighted by Crippen LogP contribution is 2.16. The van der Waals surface area contributed by atoms with Crippen LogP contribution in [0.15, 0.2) is 12.1 Å². The number of thiophene rings is 1. The van der Waals surface area contributed by atoms with Crippen molar-refractivity contribution in [2.45, 2.75) is 46.2 Å². The molecule has 0 fully saturated rings. The second kappa shape index (κ2) is 7.28. The summed E-state index contributed by atoms with van der Waals surface area (Å²) in [5.41, 5.74) is 0. The predicted molar refractivity (Wildman–Crippen MR) is 80.2 cm³/mol. The molecule has 2 atom stereocenters. The molecule has 0 aliphatic carbocycles. The Morgan fingerprint density at radius 1 is 1.25 bits per heavy atom. The second-order valence-electron chi connectivity index (χ2n) is 5.30. The maximum Gasteiger partial charge on any atom is 0.326 e. The van der Waals surface area contributed by atoms with E-state index in [9.17, 15) is 9.59 Å². The van der Waals surface area contributed by atoms with Crippen molar-refractivity contribution in [3.05, 3.63) is 21.9 Å². The summed E-state index contributed by atoms with van der Waals surface area (Å²) in [6, 6.07) is 2.74. The van der Waals surface area contributed by atoms with Gasteiger partial charge in [-0.2, -0.15) is 0 Å². The molecule has 112 valence electrons. The van der Waals surface area contributed by atoms with Gasteiger partial charge in [-0.15, -0.1) is 11.3 Å². The molecule has 1 aromatic heterocycles. The molecule has 0 aliphatic heterocycles. The predicted octanol–water partition coefficient (Wildman–Crippen LogP) is 2.40. The standard InChI is InChI=1S/C14H22N2O3S/c1-8(2)12(13(17)18)16-14(19)15-9(3)7-11-6-5-10(4)20-11/h5-6,8-9,12H,7H2,1-4H3,(H,17,18)(H2,15,16,19)/t9?,12-/m1/s1. The molecule has 1 unspecified atom stereocenters. The van der Waals surface area contributed by atoms with Crippen LogP contribution in [0.3, 0.4) is 0 Å². The fourth-order valence-corrected chi connectivity index (χ4v) is 2.89. The first-order valence-electron chi connectivity index (χ1n) is 6.64. The molecule has 0 aliphatic rings. The SMILES string of the molecule is Cc1ccc(CC(C)NC(=O)N[C@@H](C(=O)O)C(C)C)s1. The first kappa shape index (κ1) is 16.5. The van der Waals surface area contributed by atoms with E-state index < -0.39 is 18.0 Å². The van der Waals surface area contributed by atoms with Gasteiger partial charge in [-0.1, -0.05) is 13.8 Å². The quantitative estimate of drug-likeness (QED) is 0.754. The van der Waals surface area contributed by atoms with Crippen LogP contribution in [0.4, 0.5) is 4.79 Å². The molecule has 0 aromatic carbocycles. The second-order valence-corrected chi connectivity index (χ2v) is 6.67. The van der Waals surface area contributed by atoms with Crippen molar-refractivity contribution in [2.75, 3.05) is 0 Å². The number of carboxylic acid groups (broad SMARTS) is 1. The van der Waals surface area contributed by atoms with Crippen molar-refractivity contribution in [3.8, 4) is 0 Å². The van der Waals surface area contributed by atoms with Gasteiger partial charge >= 0.3 is 12.0 Å². The summed E-state index contributed by atoms with van der Waals surface area (Å²) < 4.78 is 0. The minimum atomic E-state index is -1.02. The topological polar surface area (TPSA) is 78.4 Å². The first-order valence-corrected chi connectivity index (χ1v) is 7.46. The van der Waals surface area contributed by atoms with Crippen molar-refractivity contribution in [1.82, 2.24) is 10.6 Å². The molecule has 2 amide bonds. The van der Waals surface area contributed by atoms with Gasteiger partial charge in [-0.05, 0) is 31.9 Å². The highest BCUT2D eigenvalue weighted by Gasteiger charge is 2.23. The van der Waals surface area contributed by atoms with E-state index in [1.54, 1.807) is 25.2 Å². The van der Waals surface area contributed by atoms with E-state index in [0.29, 0.717) is 0 Å². The average Bonchev–Trinajstić information content (AvgIpc) is 2.70. The molecule has 20 heavy (non-hydrogen) atoms. The van der Waals surface area contributed by atoms with E-state index in [4.69, 9.17) is 5.11 Å². The fourth-order valence-electron chi connectivity index (χ4n) is 1.87. The van der Waals surface area contributed by atoms with Gasteiger partial charge < -0.3 is 15.7 Å². The Labute approximate surface area is 123 Å². The molecule has 6 heteroatoms. The lowest BCUT2D eigenvalue weighted by molar-refractivity contribution is -0.140. The van der Waals surface area contributed by atoms with Gasteiger partial charge in [0.1, 0.15) is 6.04 Å². The molecule has 5 nitrogen and oxygen atoms in total. The highest BCUT2D eigenvalue weighted by molar-refractivity contribution is 7.11. The number of aryl methyl sites for hydroxylation is 1. The van der Waals surface area contributed by atoms with E-state index >= 15 is 0 Å². The Morgan fingerprint density at radius 3 is 2.35 bits per heavy atom. The number of hydrogen-bond acceptors (Lipinski definition) is 3. The number of carboxylic acids is 1. The number of nitrogens with one attached hydrogen (secondary N) is 2. The fraction of sp³-hybridized carbons (Fsp3) is 0.571. The Bertz CT molecular complexity index is 471. The Kier molecular flexibility index (Phi) is 6.01. The number of hydrogen-bond donors (Lipinski definition) is 3.